The number of hydrogen-bond donors (Lipinski definition) is 4. The van der Waals surface area contributed by atoms with Gasteiger partial charge in [-0.15, -0.1) is 0 Å². The predicted molar refractivity (Wildman–Crippen MR) is 141 cm³/mol. The maximum absolute atomic E-state index is 12.6. The molecule has 1 aliphatic rings. The van der Waals surface area contributed by atoms with Crippen molar-refractivity contribution >= 4 is 28.7 Å². The number of aliphatic hydroxyl groups excluding tert-OH is 1. The van der Waals surface area contributed by atoms with Crippen LogP contribution in [-0.4, -0.2) is 36.8 Å². The van der Waals surface area contributed by atoms with Gasteiger partial charge in [0.1, 0.15) is 29.1 Å². The molecule has 0 bridgehead atoms. The third-order valence-electron chi connectivity index (χ3n) is 6.77. The third kappa shape index (κ3) is 4.55. The molecule has 1 unspecified atom stereocenters. The lowest BCUT2D eigenvalue weighted by atomic mass is 9.85. The maximum Gasteiger partial charge on any atom is 0.361 e. The molecular formula is C25H28ClN7O5. The molecule has 200 valence electrons. The highest BCUT2D eigenvalue weighted by atomic mass is 35.5. The van der Waals surface area contributed by atoms with Gasteiger partial charge in [-0.2, -0.15) is 4.68 Å². The average molecular weight is 542 g/mol. The number of aliphatic hydroxyl groups is 1. The number of tetrazole rings is 1. The number of rotatable bonds is 8. The van der Waals surface area contributed by atoms with Crippen molar-refractivity contribution in [2.75, 3.05) is 17.2 Å². The zero-order chi connectivity index (χ0) is 27.4. The van der Waals surface area contributed by atoms with Crippen LogP contribution in [0.3, 0.4) is 0 Å². The smallest absolute Gasteiger partial charge is 0.361 e. The fourth-order valence-corrected chi connectivity index (χ4v) is 4.94. The lowest BCUT2D eigenvalue weighted by molar-refractivity contribution is 0.0111. The minimum absolute atomic E-state index is 0.108. The van der Waals surface area contributed by atoms with Gasteiger partial charge in [-0.25, -0.2) is 9.89 Å². The first kappa shape index (κ1) is 25.9. The van der Waals surface area contributed by atoms with Gasteiger partial charge in [0, 0.05) is 29.4 Å². The number of anilines is 3. The summed E-state index contributed by atoms with van der Waals surface area (Å²) in [6.45, 7) is 8.67. The van der Waals surface area contributed by atoms with E-state index in [1.807, 2.05) is 39.8 Å². The van der Waals surface area contributed by atoms with Crippen LogP contribution in [-0.2, 0) is 13.1 Å². The molecular weight excluding hydrogens is 514 g/mol. The number of halogens is 1. The van der Waals surface area contributed by atoms with Gasteiger partial charge >= 0.3 is 5.69 Å². The topological polar surface area (TPSA) is 158 Å². The number of hydrogen-bond acceptors (Lipinski definition) is 10. The van der Waals surface area contributed by atoms with Crippen LogP contribution in [0.5, 0.6) is 0 Å². The van der Waals surface area contributed by atoms with E-state index in [9.17, 15) is 19.5 Å². The molecule has 0 aliphatic carbocycles. The molecule has 13 heteroatoms. The van der Waals surface area contributed by atoms with Crippen molar-refractivity contribution < 1.29 is 9.52 Å². The fourth-order valence-electron chi connectivity index (χ4n) is 4.71. The van der Waals surface area contributed by atoms with E-state index in [1.54, 1.807) is 17.0 Å². The van der Waals surface area contributed by atoms with E-state index >= 15 is 0 Å². The Labute approximate surface area is 221 Å². The molecule has 0 saturated heterocycles. The molecule has 3 heterocycles. The standard InChI is InChI=1S/C25H28ClN7O5/c1-12-5-8-16(38-12)22(25(2,3)4)28-19-18(20(34)21(19)35)27-15-7-6-14(26)13-11-32(23(36)17(13)15)9-10-33-24(37)29-30-31-33/h5-8,22-23,27-28,36H,9-11H2,1-4H3,(H,29,31,37)/t22-,23?/m0/s1. The van der Waals surface area contributed by atoms with Crippen LogP contribution >= 0.6 is 11.6 Å². The number of H-pyrrole nitrogens is 1. The summed E-state index contributed by atoms with van der Waals surface area (Å²) in [4.78, 5) is 38.7. The minimum Gasteiger partial charge on any atom is -0.464 e. The van der Waals surface area contributed by atoms with Gasteiger partial charge in [0.05, 0.1) is 12.6 Å². The molecule has 1 aliphatic heterocycles. The van der Waals surface area contributed by atoms with Crippen molar-refractivity contribution in [1.29, 1.82) is 0 Å². The first-order valence-electron chi connectivity index (χ1n) is 12.1. The summed E-state index contributed by atoms with van der Waals surface area (Å²) in [6.07, 6.45) is -1.06. The Kier molecular flexibility index (Phi) is 6.49. The summed E-state index contributed by atoms with van der Waals surface area (Å²) >= 11 is 6.45. The molecule has 0 fully saturated rings. The number of furan rings is 1. The second-order valence-electron chi connectivity index (χ2n) is 10.5. The highest BCUT2D eigenvalue weighted by molar-refractivity contribution is 6.31. The van der Waals surface area contributed by atoms with Gasteiger partial charge < -0.3 is 20.2 Å². The molecule has 0 spiro atoms. The SMILES string of the molecule is Cc1ccc([C@H](Nc2c(Nc3ccc(Cl)c4c3C(O)N(CCn3nn[nH]c3=O)C4)c(=O)c2=O)C(C)(C)C)o1. The summed E-state index contributed by atoms with van der Waals surface area (Å²) < 4.78 is 6.98. The number of aromatic nitrogens is 4. The Bertz CT molecular complexity index is 1620. The Morgan fingerprint density at radius 1 is 1.16 bits per heavy atom. The number of aryl methyl sites for hydroxylation is 1. The molecule has 2 atom stereocenters. The van der Waals surface area contributed by atoms with Gasteiger partial charge in [0.2, 0.25) is 0 Å². The molecule has 38 heavy (non-hydrogen) atoms. The predicted octanol–water partition coefficient (Wildman–Crippen LogP) is 2.57. The van der Waals surface area contributed by atoms with Crippen molar-refractivity contribution in [2.24, 2.45) is 5.41 Å². The first-order valence-corrected chi connectivity index (χ1v) is 12.5. The highest BCUT2D eigenvalue weighted by Crippen LogP contribution is 2.43. The van der Waals surface area contributed by atoms with E-state index in [-0.39, 0.29) is 29.4 Å². The van der Waals surface area contributed by atoms with Crippen LogP contribution in [0.2, 0.25) is 5.02 Å². The van der Waals surface area contributed by atoms with Crippen molar-refractivity contribution in [3.05, 3.63) is 82.9 Å². The molecule has 12 nitrogen and oxygen atoms in total. The summed E-state index contributed by atoms with van der Waals surface area (Å²) in [7, 11) is 0. The Hall–Kier alpha value is -3.74. The van der Waals surface area contributed by atoms with Crippen molar-refractivity contribution in [1.82, 2.24) is 25.1 Å². The third-order valence-corrected chi connectivity index (χ3v) is 7.12. The van der Waals surface area contributed by atoms with Gasteiger partial charge in [-0.1, -0.05) is 32.4 Å². The average Bonchev–Trinajstić information content (AvgIpc) is 3.56. The second-order valence-corrected chi connectivity index (χ2v) is 10.9. The van der Waals surface area contributed by atoms with Crippen LogP contribution < -0.4 is 27.2 Å². The molecule has 0 amide bonds. The van der Waals surface area contributed by atoms with E-state index in [4.69, 9.17) is 16.0 Å². The lowest BCUT2D eigenvalue weighted by Crippen LogP contribution is -2.39. The fraction of sp³-hybridized carbons (Fsp3) is 0.400. The normalized spacial score (nSPS) is 16.6. The molecule has 2 aromatic heterocycles. The van der Waals surface area contributed by atoms with Crippen molar-refractivity contribution in [3.8, 4) is 0 Å². The van der Waals surface area contributed by atoms with E-state index < -0.39 is 22.8 Å². The summed E-state index contributed by atoms with van der Waals surface area (Å²) in [5.41, 5.74) is -0.180. The zero-order valence-electron chi connectivity index (χ0n) is 21.3. The number of nitrogens with one attached hydrogen (secondary N) is 3. The molecule has 0 saturated carbocycles. The van der Waals surface area contributed by atoms with Gasteiger partial charge in [0.15, 0.2) is 0 Å². The van der Waals surface area contributed by atoms with Gasteiger partial charge in [-0.3, -0.25) is 14.5 Å². The van der Waals surface area contributed by atoms with Crippen LogP contribution in [0.4, 0.5) is 17.1 Å². The van der Waals surface area contributed by atoms with Gasteiger partial charge in [0.25, 0.3) is 10.9 Å². The Morgan fingerprint density at radius 2 is 1.89 bits per heavy atom. The molecule has 5 rings (SSSR count). The van der Waals surface area contributed by atoms with E-state index in [1.165, 1.54) is 0 Å². The lowest BCUT2D eigenvalue weighted by Gasteiger charge is -2.32. The number of benzene rings is 1. The molecule has 4 aromatic rings. The second kappa shape index (κ2) is 9.53. The first-order chi connectivity index (χ1) is 18.0. The number of fused-ring (bicyclic) bond motifs is 1. The molecule has 2 aromatic carbocycles. The van der Waals surface area contributed by atoms with E-state index in [0.29, 0.717) is 40.7 Å². The Balaban J connectivity index is 1.42. The highest BCUT2D eigenvalue weighted by Gasteiger charge is 2.35. The monoisotopic (exact) mass is 541 g/mol. The van der Waals surface area contributed by atoms with Gasteiger partial charge in [-0.05, 0) is 52.6 Å². The largest absolute Gasteiger partial charge is 0.464 e. The van der Waals surface area contributed by atoms with E-state index in [2.05, 4.69) is 26.2 Å². The maximum atomic E-state index is 12.6. The summed E-state index contributed by atoms with van der Waals surface area (Å²) in [6, 6.07) is 6.65. The van der Waals surface area contributed by atoms with Crippen LogP contribution in [0.1, 0.15) is 55.7 Å². The Morgan fingerprint density at radius 3 is 2.53 bits per heavy atom. The summed E-state index contributed by atoms with van der Waals surface area (Å²) in [5.74, 6) is 1.39. The van der Waals surface area contributed by atoms with Crippen LogP contribution in [0.15, 0.2) is 43.1 Å². The van der Waals surface area contributed by atoms with E-state index in [0.717, 1.165) is 10.4 Å². The minimum atomic E-state index is -1.06. The van der Waals surface area contributed by atoms with Crippen molar-refractivity contribution in [3.63, 3.8) is 0 Å². The van der Waals surface area contributed by atoms with Crippen molar-refractivity contribution in [2.45, 2.75) is 53.1 Å². The summed E-state index contributed by atoms with van der Waals surface area (Å²) in [5, 5.41) is 27.3. The van der Waals surface area contributed by atoms with Crippen LogP contribution in [0.25, 0.3) is 0 Å². The van der Waals surface area contributed by atoms with Crippen LogP contribution in [0, 0.1) is 12.3 Å². The molecule has 0 radical (unpaired) electrons. The quantitative estimate of drug-likeness (QED) is 0.244. The number of aromatic amines is 1. The zero-order valence-corrected chi connectivity index (χ0v) is 22.1. The number of nitrogens with zero attached hydrogens (tertiary/aromatic N) is 4. The molecule has 4 N–H and O–H groups in total.